The number of carbonyl (C=O) groups excluding carboxylic acids is 1. The Bertz CT molecular complexity index is 156. The van der Waals surface area contributed by atoms with Gasteiger partial charge in [0.05, 0.1) is 6.04 Å². The Balaban J connectivity index is 2.03. The normalized spacial score (nSPS) is 21.8. The molecule has 0 saturated carbocycles. The fourth-order valence-electron chi connectivity index (χ4n) is 1.46. The summed E-state index contributed by atoms with van der Waals surface area (Å²) >= 11 is 0. The van der Waals surface area contributed by atoms with E-state index in [1.807, 2.05) is 0 Å². The first-order chi connectivity index (χ1) is 6.34. The first-order valence-corrected chi connectivity index (χ1v) is 4.84. The van der Waals surface area contributed by atoms with E-state index < -0.39 is 0 Å². The number of carbonyl (C=O) groups is 1. The molecular formula is C9H18N2O2. The van der Waals surface area contributed by atoms with Crippen molar-refractivity contribution in [1.82, 2.24) is 10.6 Å². The fraction of sp³-hybridized carbons (Fsp3) is 0.889. The maximum absolute atomic E-state index is 11.4. The topological polar surface area (TPSA) is 50.4 Å². The summed E-state index contributed by atoms with van der Waals surface area (Å²) in [5, 5.41) is 6.03. The highest BCUT2D eigenvalue weighted by Gasteiger charge is 2.20. The van der Waals surface area contributed by atoms with E-state index in [2.05, 4.69) is 10.6 Å². The van der Waals surface area contributed by atoms with Crippen molar-refractivity contribution in [1.29, 1.82) is 0 Å². The molecule has 76 valence electrons. The maximum Gasteiger partial charge on any atom is 0.237 e. The highest BCUT2D eigenvalue weighted by atomic mass is 16.5. The van der Waals surface area contributed by atoms with Crippen LogP contribution in [0.2, 0.25) is 0 Å². The molecule has 0 radical (unpaired) electrons. The second kappa shape index (κ2) is 5.94. The van der Waals surface area contributed by atoms with Crippen molar-refractivity contribution in [2.75, 3.05) is 26.8 Å². The SMILES string of the molecule is COCCCNC(=O)[C@@H]1CCCN1. The third kappa shape index (κ3) is 3.74. The molecule has 0 aliphatic carbocycles. The molecule has 0 aromatic rings. The van der Waals surface area contributed by atoms with Crippen LogP contribution in [0.4, 0.5) is 0 Å². The van der Waals surface area contributed by atoms with Crippen LogP contribution in [-0.4, -0.2) is 38.8 Å². The van der Waals surface area contributed by atoms with Gasteiger partial charge in [0.15, 0.2) is 0 Å². The molecule has 4 nitrogen and oxygen atoms in total. The number of amides is 1. The van der Waals surface area contributed by atoms with Gasteiger partial charge in [-0.15, -0.1) is 0 Å². The third-order valence-corrected chi connectivity index (χ3v) is 2.20. The summed E-state index contributed by atoms with van der Waals surface area (Å²) in [6, 6.07) is 0.0440. The second-order valence-corrected chi connectivity index (χ2v) is 3.29. The van der Waals surface area contributed by atoms with Crippen molar-refractivity contribution < 1.29 is 9.53 Å². The minimum Gasteiger partial charge on any atom is -0.385 e. The lowest BCUT2D eigenvalue weighted by Crippen LogP contribution is -2.40. The Labute approximate surface area is 79.0 Å². The van der Waals surface area contributed by atoms with E-state index in [-0.39, 0.29) is 11.9 Å². The summed E-state index contributed by atoms with van der Waals surface area (Å²) in [7, 11) is 1.67. The van der Waals surface area contributed by atoms with Crippen LogP contribution < -0.4 is 10.6 Å². The van der Waals surface area contributed by atoms with Gasteiger partial charge in [-0.25, -0.2) is 0 Å². The maximum atomic E-state index is 11.4. The molecule has 0 aromatic carbocycles. The lowest BCUT2D eigenvalue weighted by atomic mass is 10.2. The minimum atomic E-state index is 0.0440. The van der Waals surface area contributed by atoms with Crippen molar-refractivity contribution in [3.63, 3.8) is 0 Å². The smallest absolute Gasteiger partial charge is 0.237 e. The van der Waals surface area contributed by atoms with Crippen LogP contribution in [0, 0.1) is 0 Å². The minimum absolute atomic E-state index is 0.0440. The highest BCUT2D eigenvalue weighted by Crippen LogP contribution is 2.04. The number of nitrogens with one attached hydrogen (secondary N) is 2. The highest BCUT2D eigenvalue weighted by molar-refractivity contribution is 5.81. The number of methoxy groups -OCH3 is 1. The van der Waals surface area contributed by atoms with Crippen LogP contribution in [0.15, 0.2) is 0 Å². The first-order valence-electron chi connectivity index (χ1n) is 4.84. The molecule has 0 aromatic heterocycles. The Hall–Kier alpha value is -0.610. The van der Waals surface area contributed by atoms with E-state index in [0.717, 1.165) is 25.8 Å². The predicted molar refractivity (Wildman–Crippen MR) is 50.5 cm³/mol. The van der Waals surface area contributed by atoms with Gasteiger partial charge in [0.1, 0.15) is 0 Å². The van der Waals surface area contributed by atoms with Gasteiger partial charge in [-0.2, -0.15) is 0 Å². The molecule has 1 rings (SSSR count). The summed E-state index contributed by atoms with van der Waals surface area (Å²) < 4.78 is 4.88. The molecule has 1 aliphatic rings. The number of rotatable bonds is 5. The monoisotopic (exact) mass is 186 g/mol. The Morgan fingerprint density at radius 1 is 1.69 bits per heavy atom. The van der Waals surface area contributed by atoms with Gasteiger partial charge >= 0.3 is 0 Å². The van der Waals surface area contributed by atoms with Crippen molar-refractivity contribution in [3.05, 3.63) is 0 Å². The lowest BCUT2D eigenvalue weighted by Gasteiger charge is -2.10. The zero-order valence-corrected chi connectivity index (χ0v) is 8.14. The number of ether oxygens (including phenoxy) is 1. The molecule has 1 heterocycles. The third-order valence-electron chi connectivity index (χ3n) is 2.20. The van der Waals surface area contributed by atoms with Crippen molar-refractivity contribution in [2.24, 2.45) is 0 Å². The lowest BCUT2D eigenvalue weighted by molar-refractivity contribution is -0.122. The van der Waals surface area contributed by atoms with Crippen molar-refractivity contribution >= 4 is 5.91 Å². The van der Waals surface area contributed by atoms with Crippen LogP contribution in [0.3, 0.4) is 0 Å². The zero-order valence-electron chi connectivity index (χ0n) is 8.14. The van der Waals surface area contributed by atoms with E-state index in [1.54, 1.807) is 7.11 Å². The molecule has 1 amide bonds. The Morgan fingerprint density at radius 3 is 3.15 bits per heavy atom. The van der Waals surface area contributed by atoms with Gasteiger partial charge in [0.25, 0.3) is 0 Å². The molecule has 0 spiro atoms. The fourth-order valence-corrected chi connectivity index (χ4v) is 1.46. The molecule has 13 heavy (non-hydrogen) atoms. The average molecular weight is 186 g/mol. The number of hydrogen-bond donors (Lipinski definition) is 2. The average Bonchev–Trinajstić information content (AvgIpc) is 2.65. The Morgan fingerprint density at radius 2 is 2.54 bits per heavy atom. The quantitative estimate of drug-likeness (QED) is 0.589. The summed E-state index contributed by atoms with van der Waals surface area (Å²) in [6.07, 6.45) is 2.96. The molecule has 2 N–H and O–H groups in total. The Kier molecular flexibility index (Phi) is 4.78. The largest absolute Gasteiger partial charge is 0.385 e. The van der Waals surface area contributed by atoms with Crippen molar-refractivity contribution in [3.8, 4) is 0 Å². The second-order valence-electron chi connectivity index (χ2n) is 3.29. The van der Waals surface area contributed by atoms with Crippen LogP contribution in [0.25, 0.3) is 0 Å². The molecule has 0 unspecified atom stereocenters. The van der Waals surface area contributed by atoms with Gasteiger partial charge in [0.2, 0.25) is 5.91 Å². The van der Waals surface area contributed by atoms with Gasteiger partial charge in [-0.05, 0) is 25.8 Å². The molecule has 1 aliphatic heterocycles. The molecule has 1 saturated heterocycles. The summed E-state index contributed by atoms with van der Waals surface area (Å²) in [5.74, 6) is 0.133. The molecule has 1 atom stereocenters. The van der Waals surface area contributed by atoms with Crippen LogP contribution in [-0.2, 0) is 9.53 Å². The summed E-state index contributed by atoms with van der Waals surface area (Å²) in [4.78, 5) is 11.4. The van der Waals surface area contributed by atoms with Gasteiger partial charge < -0.3 is 15.4 Å². The standard InChI is InChI=1S/C9H18N2O2/c1-13-7-3-6-11-9(12)8-4-2-5-10-8/h8,10H,2-7H2,1H3,(H,11,12)/t8-/m0/s1. The molecule has 1 fully saturated rings. The van der Waals surface area contributed by atoms with Gasteiger partial charge in [0, 0.05) is 20.3 Å². The molecular weight excluding hydrogens is 168 g/mol. The van der Waals surface area contributed by atoms with E-state index in [1.165, 1.54) is 0 Å². The van der Waals surface area contributed by atoms with Gasteiger partial charge in [-0.1, -0.05) is 0 Å². The van der Waals surface area contributed by atoms with Crippen LogP contribution >= 0.6 is 0 Å². The van der Waals surface area contributed by atoms with E-state index in [4.69, 9.17) is 4.74 Å². The van der Waals surface area contributed by atoms with Gasteiger partial charge in [-0.3, -0.25) is 4.79 Å². The van der Waals surface area contributed by atoms with E-state index >= 15 is 0 Å². The molecule has 4 heteroatoms. The van der Waals surface area contributed by atoms with Crippen LogP contribution in [0.5, 0.6) is 0 Å². The zero-order chi connectivity index (χ0) is 9.52. The van der Waals surface area contributed by atoms with E-state index in [0.29, 0.717) is 13.2 Å². The van der Waals surface area contributed by atoms with Crippen LogP contribution in [0.1, 0.15) is 19.3 Å². The predicted octanol–water partition coefficient (Wildman–Crippen LogP) is -0.109. The first kappa shape index (κ1) is 10.5. The van der Waals surface area contributed by atoms with Crippen molar-refractivity contribution in [2.45, 2.75) is 25.3 Å². The van der Waals surface area contributed by atoms with E-state index in [9.17, 15) is 4.79 Å². The molecule has 0 bridgehead atoms. The summed E-state index contributed by atoms with van der Waals surface area (Å²) in [5.41, 5.74) is 0. The number of hydrogen-bond acceptors (Lipinski definition) is 3. The summed E-state index contributed by atoms with van der Waals surface area (Å²) in [6.45, 7) is 2.39.